The molecule has 0 fully saturated rings. The van der Waals surface area contributed by atoms with Crippen LogP contribution in [0.1, 0.15) is 0 Å². The Kier molecular flexibility index (Phi) is 12.6. The summed E-state index contributed by atoms with van der Waals surface area (Å²) >= 11 is 0. The number of nitrogens with two attached hydrogens (primary N) is 4. The molecule has 0 amide bonds. The van der Waals surface area contributed by atoms with Gasteiger partial charge in [0.1, 0.15) is 12.1 Å². The Morgan fingerprint density at radius 2 is 1.00 bits per heavy atom. The van der Waals surface area contributed by atoms with Crippen molar-refractivity contribution in [3.8, 4) is 11.8 Å². The first kappa shape index (κ1) is 28.7. The van der Waals surface area contributed by atoms with Gasteiger partial charge in [-0.15, -0.1) is 0 Å². The fourth-order valence-electron chi connectivity index (χ4n) is 1.18. The number of hydrogen-bond acceptors (Lipinski definition) is 12. The van der Waals surface area contributed by atoms with Gasteiger partial charge in [0.2, 0.25) is 0 Å². The summed E-state index contributed by atoms with van der Waals surface area (Å²) in [6.07, 6.45) is 0. The summed E-state index contributed by atoms with van der Waals surface area (Å²) < 4.78 is 0. The van der Waals surface area contributed by atoms with Crippen LogP contribution in [0.4, 0.5) is 0 Å². The van der Waals surface area contributed by atoms with E-state index in [4.69, 9.17) is 33.1 Å². The van der Waals surface area contributed by atoms with Crippen LogP contribution in [0.2, 0.25) is 0 Å². The molecule has 0 aliphatic heterocycles. The smallest absolute Gasteiger partial charge is 0.337 e. The van der Waals surface area contributed by atoms with Crippen LogP contribution in [0.5, 0.6) is 0 Å². The molecule has 4 atom stereocenters. The highest BCUT2D eigenvalue weighted by atomic mass is 33.1. The number of hydrogen-bond donors (Lipinski definition) is 8. The van der Waals surface area contributed by atoms with E-state index in [2.05, 4.69) is 11.8 Å². The van der Waals surface area contributed by atoms with Crippen LogP contribution in [0.3, 0.4) is 0 Å². The van der Waals surface area contributed by atoms with Gasteiger partial charge in [-0.1, -0.05) is 55.0 Å². The van der Waals surface area contributed by atoms with Crippen LogP contribution in [-0.4, -0.2) is 90.5 Å². The Labute approximate surface area is 187 Å². The molecular formula is C14H22N4O8S4. The van der Waals surface area contributed by atoms with Crippen LogP contribution in [0.25, 0.3) is 0 Å². The molecule has 12 nitrogen and oxygen atoms in total. The monoisotopic (exact) mass is 502 g/mol. The minimum atomic E-state index is -2.14. The molecule has 16 heteroatoms. The second-order valence-electron chi connectivity index (χ2n) is 5.79. The minimum Gasteiger partial charge on any atom is -0.480 e. The normalized spacial score (nSPS) is 16.8. The number of carbonyl (C=O) groups is 4. The molecule has 0 bridgehead atoms. The van der Waals surface area contributed by atoms with Crippen molar-refractivity contribution in [1.82, 2.24) is 0 Å². The molecule has 0 aliphatic carbocycles. The van der Waals surface area contributed by atoms with Gasteiger partial charge >= 0.3 is 23.9 Å². The third-order valence-corrected chi connectivity index (χ3v) is 8.14. The van der Waals surface area contributed by atoms with E-state index < -0.39 is 47.0 Å². The maximum Gasteiger partial charge on any atom is 0.337 e. The van der Waals surface area contributed by atoms with E-state index in [-0.39, 0.29) is 23.0 Å². The average Bonchev–Trinajstić information content (AvgIpc) is 2.66. The zero-order valence-corrected chi connectivity index (χ0v) is 18.6. The minimum absolute atomic E-state index is 0.00851. The second kappa shape index (κ2) is 13.2. The fourth-order valence-corrected chi connectivity index (χ4v) is 5.95. The van der Waals surface area contributed by atoms with Crippen LogP contribution >= 0.6 is 43.2 Å². The SMILES string of the molecule is NC(CSSCC(N)(C#CC(N)(CSSCC(N)C(=O)O)C(=O)O)C(=O)O)C(=O)O. The predicted molar refractivity (Wildman–Crippen MR) is 118 cm³/mol. The van der Waals surface area contributed by atoms with Crippen LogP contribution in [0, 0.1) is 11.8 Å². The van der Waals surface area contributed by atoms with Gasteiger partial charge in [-0.2, -0.15) is 0 Å². The molecule has 0 aliphatic rings. The molecule has 12 N–H and O–H groups in total. The van der Waals surface area contributed by atoms with E-state index in [1.165, 1.54) is 0 Å². The van der Waals surface area contributed by atoms with Crippen molar-refractivity contribution in [3.05, 3.63) is 0 Å². The van der Waals surface area contributed by atoms with Crippen LogP contribution in [0.15, 0.2) is 0 Å². The lowest BCUT2D eigenvalue weighted by Crippen LogP contribution is -2.52. The van der Waals surface area contributed by atoms with Gasteiger partial charge in [0.15, 0.2) is 11.1 Å². The first-order chi connectivity index (χ1) is 13.7. The summed E-state index contributed by atoms with van der Waals surface area (Å²) in [4.78, 5) is 44.3. The lowest BCUT2D eigenvalue weighted by molar-refractivity contribution is -0.141. The highest BCUT2D eigenvalue weighted by Gasteiger charge is 2.36. The highest BCUT2D eigenvalue weighted by molar-refractivity contribution is 8.77. The van der Waals surface area contributed by atoms with Crippen molar-refractivity contribution in [2.24, 2.45) is 22.9 Å². The molecule has 0 heterocycles. The van der Waals surface area contributed by atoms with E-state index in [1.807, 2.05) is 0 Å². The van der Waals surface area contributed by atoms with Crippen molar-refractivity contribution in [2.75, 3.05) is 23.0 Å². The van der Waals surface area contributed by atoms with Gasteiger partial charge in [-0.05, 0) is 0 Å². The number of carboxylic acids is 4. The third kappa shape index (κ3) is 10.1. The fraction of sp³-hybridized carbons (Fsp3) is 0.571. The molecule has 0 aromatic rings. The van der Waals surface area contributed by atoms with Crippen molar-refractivity contribution in [2.45, 2.75) is 23.2 Å². The Bertz CT molecular complexity index is 662. The zero-order chi connectivity index (χ0) is 23.5. The second-order valence-corrected chi connectivity index (χ2v) is 10.8. The molecule has 4 unspecified atom stereocenters. The summed E-state index contributed by atoms with van der Waals surface area (Å²) in [5, 5.41) is 36.1. The summed E-state index contributed by atoms with van der Waals surface area (Å²) in [6, 6.07) is -2.28. The molecule has 0 radical (unpaired) electrons. The number of carboxylic acid groups (broad SMARTS) is 4. The van der Waals surface area contributed by atoms with E-state index in [0.717, 1.165) is 43.2 Å². The molecule has 170 valence electrons. The maximum absolute atomic E-state index is 11.5. The van der Waals surface area contributed by atoms with Gasteiger partial charge in [-0.25, -0.2) is 9.59 Å². The van der Waals surface area contributed by atoms with Crippen molar-refractivity contribution in [3.63, 3.8) is 0 Å². The molecular weight excluding hydrogens is 480 g/mol. The first-order valence-electron chi connectivity index (χ1n) is 7.79. The average molecular weight is 503 g/mol. The van der Waals surface area contributed by atoms with Crippen molar-refractivity contribution in [1.29, 1.82) is 0 Å². The van der Waals surface area contributed by atoms with E-state index in [9.17, 15) is 29.4 Å². The summed E-state index contributed by atoms with van der Waals surface area (Å²) in [5.41, 5.74) is 17.9. The van der Waals surface area contributed by atoms with Crippen molar-refractivity contribution >= 4 is 67.1 Å². The van der Waals surface area contributed by atoms with E-state index in [1.54, 1.807) is 0 Å². The standard InChI is InChI=1S/C14H22N4O8S4/c15-7(9(19)20)3-27-29-5-13(17,11(23)24)1-2-14(18,12(25)26)6-30-28-4-8(16)10(21)22/h7-8H,3-6,15-18H2,(H,19,20)(H,21,22)(H,23,24)(H,25,26). The Morgan fingerprint density at radius 3 is 1.23 bits per heavy atom. The molecule has 0 aromatic carbocycles. The largest absolute Gasteiger partial charge is 0.480 e. The first-order valence-corrected chi connectivity index (χ1v) is 12.8. The molecule has 0 saturated carbocycles. The molecule has 0 saturated heterocycles. The molecule has 0 aromatic heterocycles. The Balaban J connectivity index is 5.07. The lowest BCUT2D eigenvalue weighted by atomic mass is 10.00. The van der Waals surface area contributed by atoms with Crippen LogP contribution < -0.4 is 22.9 Å². The predicted octanol–water partition coefficient (Wildman–Crippen LogP) is -1.86. The highest BCUT2D eigenvalue weighted by Crippen LogP contribution is 2.27. The van der Waals surface area contributed by atoms with Crippen LogP contribution in [-0.2, 0) is 19.2 Å². The Morgan fingerprint density at radius 1 is 0.700 bits per heavy atom. The van der Waals surface area contributed by atoms with Crippen molar-refractivity contribution < 1.29 is 39.6 Å². The van der Waals surface area contributed by atoms with Gasteiger partial charge in [0.25, 0.3) is 0 Å². The Hall–Kier alpha value is -1.32. The molecule has 0 spiro atoms. The number of aliphatic carboxylic acids is 4. The van der Waals surface area contributed by atoms with Gasteiger partial charge < -0.3 is 43.4 Å². The van der Waals surface area contributed by atoms with E-state index >= 15 is 0 Å². The summed E-state index contributed by atoms with van der Waals surface area (Å²) in [7, 11) is 3.80. The summed E-state index contributed by atoms with van der Waals surface area (Å²) in [5.74, 6) is -1.68. The van der Waals surface area contributed by atoms with E-state index in [0.29, 0.717) is 0 Å². The quantitative estimate of drug-likeness (QED) is 0.0735. The van der Waals surface area contributed by atoms with Gasteiger partial charge in [-0.3, -0.25) is 9.59 Å². The summed E-state index contributed by atoms with van der Waals surface area (Å²) in [6.45, 7) is 0. The van der Waals surface area contributed by atoms with Gasteiger partial charge in [0.05, 0.1) is 0 Å². The number of rotatable bonds is 14. The van der Waals surface area contributed by atoms with Gasteiger partial charge in [0, 0.05) is 23.0 Å². The topological polar surface area (TPSA) is 253 Å². The lowest BCUT2D eigenvalue weighted by Gasteiger charge is -2.21. The third-order valence-electron chi connectivity index (χ3n) is 3.14. The zero-order valence-electron chi connectivity index (χ0n) is 15.3. The maximum atomic E-state index is 11.5. The molecule has 30 heavy (non-hydrogen) atoms. The molecule has 0 rings (SSSR count).